The number of halogens is 4. The van der Waals surface area contributed by atoms with Crippen LogP contribution in [0.2, 0.25) is 20.1 Å². The molecule has 3 aromatic rings. The van der Waals surface area contributed by atoms with Gasteiger partial charge in [0.25, 0.3) is 10.1 Å². The van der Waals surface area contributed by atoms with E-state index in [2.05, 4.69) is 0 Å². The van der Waals surface area contributed by atoms with Gasteiger partial charge in [-0.25, -0.2) is 0 Å². The summed E-state index contributed by atoms with van der Waals surface area (Å²) >= 11 is 24.3. The molecule has 3 rings (SSSR count). The molecule has 0 saturated carbocycles. The maximum Gasteiger partial charge on any atom is 0.294 e. The molecule has 0 heterocycles. The molecule has 0 amide bonds. The second-order valence-electron chi connectivity index (χ2n) is 6.10. The van der Waals surface area contributed by atoms with Gasteiger partial charge >= 0.3 is 0 Å². The standard InChI is InChI=1S/C19H12Cl4O5S.Na/c20-9-5-12(18(24)14(22)7-9)17(13-6-10(21)8-15(23)19(13)25)11-3-1-2-4-16(11)29(26,27)28;/h1-8,17,24-25H,(H,26,27,28);. The third kappa shape index (κ3) is 5.21. The minimum absolute atomic E-state index is 0. The number of benzene rings is 3. The van der Waals surface area contributed by atoms with Crippen molar-refractivity contribution >= 4 is 86.1 Å². The number of rotatable bonds is 4. The molecule has 0 spiro atoms. The fourth-order valence-electron chi connectivity index (χ4n) is 3.07. The maximum atomic E-state index is 12.0. The third-order valence-corrected chi connectivity index (χ3v) is 6.19. The molecule has 1 radical (unpaired) electrons. The first-order chi connectivity index (χ1) is 13.5. The van der Waals surface area contributed by atoms with E-state index in [1.54, 1.807) is 0 Å². The third-order valence-electron chi connectivity index (χ3n) is 4.25. The van der Waals surface area contributed by atoms with Crippen LogP contribution in [0.15, 0.2) is 53.4 Å². The summed E-state index contributed by atoms with van der Waals surface area (Å²) in [4.78, 5) is -0.434. The van der Waals surface area contributed by atoms with Gasteiger partial charge in [0.2, 0.25) is 0 Å². The van der Waals surface area contributed by atoms with Crippen LogP contribution in [0, 0.1) is 0 Å². The first kappa shape index (κ1) is 25.6. The van der Waals surface area contributed by atoms with Crippen molar-refractivity contribution in [2.75, 3.05) is 0 Å². The van der Waals surface area contributed by atoms with E-state index in [1.165, 1.54) is 48.5 Å². The molecule has 0 bridgehead atoms. The van der Waals surface area contributed by atoms with E-state index in [-0.39, 0.29) is 77.8 Å². The van der Waals surface area contributed by atoms with Gasteiger partial charge in [-0.05, 0) is 35.9 Å². The Hall–Kier alpha value is -0.670. The Bertz CT molecular complexity index is 1160. The SMILES string of the molecule is O=S(=O)(O)c1ccccc1C(c1cc(Cl)cc(Cl)c1O)c1cc(Cl)cc(Cl)c1O.[Na]. The maximum absolute atomic E-state index is 12.0. The molecule has 30 heavy (non-hydrogen) atoms. The molecule has 0 fully saturated rings. The Labute approximate surface area is 215 Å². The van der Waals surface area contributed by atoms with E-state index in [9.17, 15) is 23.2 Å². The number of phenols is 2. The van der Waals surface area contributed by atoms with E-state index in [0.29, 0.717) is 0 Å². The van der Waals surface area contributed by atoms with Crippen LogP contribution < -0.4 is 0 Å². The van der Waals surface area contributed by atoms with Crippen LogP contribution in [0.5, 0.6) is 11.5 Å². The predicted molar refractivity (Wildman–Crippen MR) is 119 cm³/mol. The number of hydrogen-bond acceptors (Lipinski definition) is 4. The molecule has 5 nitrogen and oxygen atoms in total. The zero-order chi connectivity index (χ0) is 21.5. The fraction of sp³-hybridized carbons (Fsp3) is 0.0526. The average Bonchev–Trinajstić information content (AvgIpc) is 2.62. The molecule has 0 aliphatic heterocycles. The van der Waals surface area contributed by atoms with Crippen LogP contribution in [0.25, 0.3) is 0 Å². The zero-order valence-corrected chi connectivity index (χ0v) is 21.1. The summed E-state index contributed by atoms with van der Waals surface area (Å²) in [5.74, 6) is -1.91. The first-order valence-corrected chi connectivity index (χ1v) is 10.9. The van der Waals surface area contributed by atoms with Crippen LogP contribution in [0.4, 0.5) is 0 Å². The van der Waals surface area contributed by atoms with E-state index >= 15 is 0 Å². The molecular weight excluding hydrogens is 505 g/mol. The molecule has 0 aliphatic rings. The largest absolute Gasteiger partial charge is 0.506 e. The van der Waals surface area contributed by atoms with Crippen molar-refractivity contribution in [1.82, 2.24) is 0 Å². The van der Waals surface area contributed by atoms with Crippen molar-refractivity contribution in [3.8, 4) is 11.5 Å². The summed E-state index contributed by atoms with van der Waals surface area (Å²) in [7, 11) is -4.66. The first-order valence-electron chi connectivity index (χ1n) is 7.93. The average molecular weight is 517 g/mol. The summed E-state index contributed by atoms with van der Waals surface area (Å²) in [6.45, 7) is 0. The topological polar surface area (TPSA) is 94.8 Å². The Morgan fingerprint density at radius 1 is 0.733 bits per heavy atom. The van der Waals surface area contributed by atoms with Crippen molar-refractivity contribution in [3.05, 3.63) is 85.3 Å². The molecule has 3 aromatic carbocycles. The quantitative estimate of drug-likeness (QED) is 0.233. The Balaban J connectivity index is 0.00000320. The smallest absolute Gasteiger partial charge is 0.294 e. The Kier molecular flexibility index (Phi) is 8.41. The van der Waals surface area contributed by atoms with Gasteiger partial charge in [0.1, 0.15) is 11.5 Å². The van der Waals surface area contributed by atoms with Crippen molar-refractivity contribution in [1.29, 1.82) is 0 Å². The minimum Gasteiger partial charge on any atom is -0.506 e. The van der Waals surface area contributed by atoms with E-state index in [4.69, 9.17) is 46.4 Å². The monoisotopic (exact) mass is 515 g/mol. The molecular formula is C19H12Cl4NaO5S. The second-order valence-corrected chi connectivity index (χ2v) is 9.17. The van der Waals surface area contributed by atoms with Gasteiger partial charge in [-0.2, -0.15) is 8.42 Å². The van der Waals surface area contributed by atoms with Crippen molar-refractivity contribution in [2.45, 2.75) is 10.8 Å². The van der Waals surface area contributed by atoms with Crippen LogP contribution >= 0.6 is 46.4 Å². The van der Waals surface area contributed by atoms with Crippen molar-refractivity contribution in [3.63, 3.8) is 0 Å². The van der Waals surface area contributed by atoms with Crippen molar-refractivity contribution < 1.29 is 23.2 Å². The number of aromatic hydroxyl groups is 2. The Morgan fingerprint density at radius 2 is 1.17 bits per heavy atom. The second kappa shape index (κ2) is 9.86. The van der Waals surface area contributed by atoms with Gasteiger partial charge < -0.3 is 10.2 Å². The van der Waals surface area contributed by atoms with Crippen LogP contribution in [0.3, 0.4) is 0 Å². The summed E-state index contributed by atoms with van der Waals surface area (Å²) in [6, 6.07) is 10.9. The van der Waals surface area contributed by atoms with Gasteiger partial charge in [-0.15, -0.1) is 0 Å². The van der Waals surface area contributed by atoms with Crippen molar-refractivity contribution in [2.24, 2.45) is 0 Å². The molecule has 0 aromatic heterocycles. The molecule has 153 valence electrons. The minimum atomic E-state index is -4.66. The fourth-order valence-corrected chi connectivity index (χ4v) is 4.82. The van der Waals surface area contributed by atoms with Gasteiger partial charge in [0, 0.05) is 56.6 Å². The van der Waals surface area contributed by atoms with E-state index in [0.717, 1.165) is 0 Å². The van der Waals surface area contributed by atoms with Crippen LogP contribution in [-0.4, -0.2) is 52.7 Å². The summed E-state index contributed by atoms with van der Waals surface area (Å²) in [5, 5.41) is 21.3. The molecule has 0 saturated heterocycles. The molecule has 3 N–H and O–H groups in total. The molecule has 0 aliphatic carbocycles. The van der Waals surface area contributed by atoms with Gasteiger partial charge in [-0.3, -0.25) is 4.55 Å². The van der Waals surface area contributed by atoms with Gasteiger partial charge in [0.05, 0.1) is 14.9 Å². The number of phenolic OH excluding ortho intramolecular Hbond substituents is 2. The summed E-state index contributed by atoms with van der Waals surface area (Å²) in [5.41, 5.74) is 0.191. The van der Waals surface area contributed by atoms with E-state index < -0.39 is 20.9 Å². The van der Waals surface area contributed by atoms with Crippen LogP contribution in [-0.2, 0) is 10.1 Å². The van der Waals surface area contributed by atoms with Gasteiger partial charge in [-0.1, -0.05) is 64.6 Å². The van der Waals surface area contributed by atoms with Crippen LogP contribution in [0.1, 0.15) is 22.6 Å². The number of hydrogen-bond donors (Lipinski definition) is 3. The molecule has 0 unspecified atom stereocenters. The summed E-state index contributed by atoms with van der Waals surface area (Å²) in [6.07, 6.45) is 0. The zero-order valence-electron chi connectivity index (χ0n) is 15.3. The normalized spacial score (nSPS) is 11.4. The van der Waals surface area contributed by atoms with E-state index in [1.807, 2.05) is 0 Å². The molecule has 11 heteroatoms. The molecule has 0 atom stereocenters. The van der Waals surface area contributed by atoms with Gasteiger partial charge in [0.15, 0.2) is 0 Å². The predicted octanol–water partition coefficient (Wildman–Crippen LogP) is 5.76. The summed E-state index contributed by atoms with van der Waals surface area (Å²) < 4.78 is 33.7. The Morgan fingerprint density at radius 3 is 1.60 bits per heavy atom.